The van der Waals surface area contributed by atoms with Crippen LogP contribution in [0.5, 0.6) is 0 Å². The molecule has 4 aromatic rings. The van der Waals surface area contributed by atoms with Crippen LogP contribution in [0.1, 0.15) is 54.7 Å². The first kappa shape index (κ1) is 22.4. The van der Waals surface area contributed by atoms with E-state index in [1.165, 1.54) is 28.6 Å². The zero-order valence-corrected chi connectivity index (χ0v) is 20.9. The Kier molecular flexibility index (Phi) is 6.18. The van der Waals surface area contributed by atoms with Gasteiger partial charge in [0.05, 0.1) is 5.39 Å². The van der Waals surface area contributed by atoms with E-state index in [1.807, 2.05) is 29.7 Å². The summed E-state index contributed by atoms with van der Waals surface area (Å²) in [5.41, 5.74) is 3.53. The number of benzene rings is 1. The molecule has 5 nitrogen and oxygen atoms in total. The second-order valence-corrected chi connectivity index (χ2v) is 11.3. The summed E-state index contributed by atoms with van der Waals surface area (Å²) in [6, 6.07) is 7.47. The fraction of sp³-hybridized carbons (Fsp3) is 0.423. The molecule has 0 radical (unpaired) electrons. The number of aryl methyl sites for hydroxylation is 3. The third kappa shape index (κ3) is 4.41. The Morgan fingerprint density at radius 2 is 2.00 bits per heavy atom. The minimum absolute atomic E-state index is 0.0932. The number of thiophene rings is 1. The highest BCUT2D eigenvalue weighted by molar-refractivity contribution is 7.98. The maximum atomic E-state index is 13.7. The highest BCUT2D eigenvalue weighted by atomic mass is 32.2. The standard InChI is InChI=1S/C26H28N2O3S2/c1-15(2)10-11-28-25(30)23-19-6-4-5-7-21(19)33-24(23)27-26(28)32-14-17-13-22(29)31-20-12-16(3)8-9-18(17)20/h8-9,12-13,15H,4-7,10-11,14H2,1-3H3. The Hall–Kier alpha value is -2.38. The number of fused-ring (bicyclic) bond motifs is 4. The molecular weight excluding hydrogens is 452 g/mol. The van der Waals surface area contributed by atoms with Gasteiger partial charge in [0, 0.05) is 28.6 Å². The van der Waals surface area contributed by atoms with E-state index in [0.717, 1.165) is 57.6 Å². The number of rotatable bonds is 6. The van der Waals surface area contributed by atoms with Crippen LogP contribution in [0, 0.1) is 12.8 Å². The van der Waals surface area contributed by atoms with Gasteiger partial charge in [0.2, 0.25) is 0 Å². The number of thioether (sulfide) groups is 1. The van der Waals surface area contributed by atoms with E-state index in [0.29, 0.717) is 23.8 Å². The fourth-order valence-corrected chi connectivity index (χ4v) is 6.83. The van der Waals surface area contributed by atoms with E-state index in [1.54, 1.807) is 17.4 Å². The molecule has 0 atom stereocenters. The average Bonchev–Trinajstić information content (AvgIpc) is 3.15. The highest BCUT2D eigenvalue weighted by Gasteiger charge is 2.22. The van der Waals surface area contributed by atoms with Gasteiger partial charge in [-0.3, -0.25) is 9.36 Å². The molecule has 3 heterocycles. The van der Waals surface area contributed by atoms with Crippen molar-refractivity contribution in [1.82, 2.24) is 9.55 Å². The van der Waals surface area contributed by atoms with Crippen LogP contribution >= 0.6 is 23.1 Å². The van der Waals surface area contributed by atoms with E-state index in [4.69, 9.17) is 9.40 Å². The summed E-state index contributed by atoms with van der Waals surface area (Å²) in [6.45, 7) is 6.98. The predicted octanol–water partition coefficient (Wildman–Crippen LogP) is 6.09. The maximum absolute atomic E-state index is 13.7. The molecular formula is C26H28N2O3S2. The first-order chi connectivity index (χ1) is 15.9. The molecule has 3 aromatic heterocycles. The summed E-state index contributed by atoms with van der Waals surface area (Å²) < 4.78 is 7.28. The van der Waals surface area contributed by atoms with E-state index < -0.39 is 0 Å². The number of hydrogen-bond acceptors (Lipinski definition) is 6. The van der Waals surface area contributed by atoms with Crippen molar-refractivity contribution in [3.63, 3.8) is 0 Å². The van der Waals surface area contributed by atoms with E-state index in [2.05, 4.69) is 13.8 Å². The fourth-order valence-electron chi connectivity index (χ4n) is 4.51. The SMILES string of the molecule is Cc1ccc2c(CSc3nc4sc5c(c4c(=O)n3CCC(C)C)CCCC5)cc(=O)oc2c1. The Morgan fingerprint density at radius 1 is 1.18 bits per heavy atom. The van der Waals surface area contributed by atoms with Crippen molar-refractivity contribution < 1.29 is 4.42 Å². The molecule has 0 unspecified atom stereocenters. The highest BCUT2D eigenvalue weighted by Crippen LogP contribution is 2.35. The monoisotopic (exact) mass is 480 g/mol. The third-order valence-corrected chi connectivity index (χ3v) is 8.52. The van der Waals surface area contributed by atoms with Crippen LogP contribution in [-0.2, 0) is 25.1 Å². The van der Waals surface area contributed by atoms with Crippen molar-refractivity contribution in [2.24, 2.45) is 5.92 Å². The molecule has 0 amide bonds. The van der Waals surface area contributed by atoms with Gasteiger partial charge in [-0.15, -0.1) is 11.3 Å². The third-order valence-electron chi connectivity index (χ3n) is 6.31. The van der Waals surface area contributed by atoms with Crippen molar-refractivity contribution >= 4 is 44.3 Å². The molecule has 0 spiro atoms. The molecule has 0 aliphatic heterocycles. The van der Waals surface area contributed by atoms with Gasteiger partial charge in [0.1, 0.15) is 10.4 Å². The molecule has 1 aliphatic carbocycles. The molecule has 7 heteroatoms. The normalized spacial score (nSPS) is 13.8. The molecule has 0 bridgehead atoms. The largest absolute Gasteiger partial charge is 0.423 e. The molecule has 5 rings (SSSR count). The number of aromatic nitrogens is 2. The van der Waals surface area contributed by atoms with Crippen LogP contribution in [0.3, 0.4) is 0 Å². The van der Waals surface area contributed by atoms with Crippen LogP contribution in [0.2, 0.25) is 0 Å². The second kappa shape index (κ2) is 9.11. The summed E-state index contributed by atoms with van der Waals surface area (Å²) in [7, 11) is 0. The van der Waals surface area contributed by atoms with Crippen LogP contribution in [0.15, 0.2) is 43.4 Å². The molecule has 1 aromatic carbocycles. The Balaban J connectivity index is 1.57. The van der Waals surface area contributed by atoms with Gasteiger partial charge in [-0.05, 0) is 67.7 Å². The van der Waals surface area contributed by atoms with E-state index in [9.17, 15) is 9.59 Å². The Labute approximate surface area is 200 Å². The lowest BCUT2D eigenvalue weighted by atomic mass is 9.97. The van der Waals surface area contributed by atoms with Gasteiger partial charge in [0.25, 0.3) is 5.56 Å². The van der Waals surface area contributed by atoms with Gasteiger partial charge in [-0.1, -0.05) is 37.7 Å². The summed E-state index contributed by atoms with van der Waals surface area (Å²) in [5.74, 6) is 1.04. The van der Waals surface area contributed by atoms with E-state index in [-0.39, 0.29) is 11.2 Å². The summed E-state index contributed by atoms with van der Waals surface area (Å²) in [5, 5.41) is 2.50. The minimum atomic E-state index is -0.352. The molecule has 172 valence electrons. The second-order valence-electron chi connectivity index (χ2n) is 9.30. The molecule has 33 heavy (non-hydrogen) atoms. The van der Waals surface area contributed by atoms with Crippen molar-refractivity contribution in [2.75, 3.05) is 0 Å². The van der Waals surface area contributed by atoms with Gasteiger partial charge in [0.15, 0.2) is 5.16 Å². The lowest BCUT2D eigenvalue weighted by Crippen LogP contribution is -2.24. The first-order valence-electron chi connectivity index (χ1n) is 11.6. The molecule has 1 aliphatic rings. The summed E-state index contributed by atoms with van der Waals surface area (Å²) in [4.78, 5) is 33.0. The van der Waals surface area contributed by atoms with E-state index >= 15 is 0 Å². The predicted molar refractivity (Wildman–Crippen MR) is 137 cm³/mol. The molecule has 0 saturated carbocycles. The number of nitrogens with zero attached hydrogens (tertiary/aromatic N) is 2. The average molecular weight is 481 g/mol. The van der Waals surface area contributed by atoms with Gasteiger partial charge in [-0.2, -0.15) is 0 Å². The lowest BCUT2D eigenvalue weighted by molar-refractivity contribution is 0.481. The summed E-state index contributed by atoms with van der Waals surface area (Å²) >= 11 is 3.22. The van der Waals surface area contributed by atoms with Gasteiger partial charge >= 0.3 is 5.63 Å². The Morgan fingerprint density at radius 3 is 2.82 bits per heavy atom. The maximum Gasteiger partial charge on any atom is 0.336 e. The molecule has 0 fully saturated rings. The Bertz CT molecular complexity index is 1460. The summed E-state index contributed by atoms with van der Waals surface area (Å²) in [6.07, 6.45) is 5.28. The van der Waals surface area contributed by atoms with Gasteiger partial charge < -0.3 is 4.42 Å². The van der Waals surface area contributed by atoms with Crippen molar-refractivity contribution in [3.8, 4) is 0 Å². The first-order valence-corrected chi connectivity index (χ1v) is 13.4. The zero-order chi connectivity index (χ0) is 23.1. The van der Waals surface area contributed by atoms with Crippen LogP contribution in [0.4, 0.5) is 0 Å². The van der Waals surface area contributed by atoms with Gasteiger partial charge in [-0.25, -0.2) is 9.78 Å². The molecule has 0 N–H and O–H groups in total. The minimum Gasteiger partial charge on any atom is -0.423 e. The topological polar surface area (TPSA) is 65.1 Å². The van der Waals surface area contributed by atoms with Crippen LogP contribution < -0.4 is 11.2 Å². The van der Waals surface area contributed by atoms with Crippen LogP contribution in [0.25, 0.3) is 21.2 Å². The zero-order valence-electron chi connectivity index (χ0n) is 19.3. The lowest BCUT2D eigenvalue weighted by Gasteiger charge is -2.15. The van der Waals surface area contributed by atoms with Crippen molar-refractivity contribution in [3.05, 3.63) is 66.6 Å². The van der Waals surface area contributed by atoms with Crippen molar-refractivity contribution in [2.45, 2.75) is 70.3 Å². The quantitative estimate of drug-likeness (QED) is 0.190. The van der Waals surface area contributed by atoms with Crippen LogP contribution in [-0.4, -0.2) is 9.55 Å². The molecule has 0 saturated heterocycles. The van der Waals surface area contributed by atoms with Crippen molar-refractivity contribution in [1.29, 1.82) is 0 Å². The number of hydrogen-bond donors (Lipinski definition) is 0. The smallest absolute Gasteiger partial charge is 0.336 e.